The molecule has 1 aliphatic rings. The summed E-state index contributed by atoms with van der Waals surface area (Å²) in [6.45, 7) is 1.39. The zero-order valence-electron chi connectivity index (χ0n) is 15.4. The topological polar surface area (TPSA) is 85.0 Å². The third-order valence-electron chi connectivity index (χ3n) is 5.03. The SMILES string of the molecule is NC1CCN(c2nc(-c3ccc4ccccc4c3C=O)nc(C(Cl)(Cl)Cl)n2)CC1. The van der Waals surface area contributed by atoms with Gasteiger partial charge in [-0.15, -0.1) is 0 Å². The van der Waals surface area contributed by atoms with Gasteiger partial charge in [0, 0.05) is 30.3 Å². The van der Waals surface area contributed by atoms with Gasteiger partial charge in [0.1, 0.15) is 0 Å². The number of anilines is 1. The first-order valence-corrected chi connectivity index (χ1v) is 10.3. The number of aldehydes is 1. The number of halogens is 3. The zero-order chi connectivity index (χ0) is 20.6. The van der Waals surface area contributed by atoms with Crippen molar-refractivity contribution in [2.24, 2.45) is 5.73 Å². The average Bonchev–Trinajstić information content (AvgIpc) is 2.72. The minimum atomic E-state index is -1.82. The van der Waals surface area contributed by atoms with E-state index in [1.54, 1.807) is 6.07 Å². The van der Waals surface area contributed by atoms with Crippen molar-refractivity contribution >= 4 is 57.8 Å². The van der Waals surface area contributed by atoms with E-state index < -0.39 is 3.79 Å². The van der Waals surface area contributed by atoms with E-state index in [2.05, 4.69) is 15.0 Å². The van der Waals surface area contributed by atoms with E-state index in [9.17, 15) is 4.79 Å². The molecule has 0 amide bonds. The Labute approximate surface area is 183 Å². The van der Waals surface area contributed by atoms with Gasteiger partial charge in [-0.3, -0.25) is 4.79 Å². The van der Waals surface area contributed by atoms with Crippen molar-refractivity contribution in [1.82, 2.24) is 15.0 Å². The van der Waals surface area contributed by atoms with Gasteiger partial charge in [0.05, 0.1) is 0 Å². The fourth-order valence-electron chi connectivity index (χ4n) is 3.47. The molecule has 1 saturated heterocycles. The monoisotopic (exact) mass is 449 g/mol. The second kappa shape index (κ2) is 8.03. The lowest BCUT2D eigenvalue weighted by molar-refractivity contribution is 0.112. The lowest BCUT2D eigenvalue weighted by Gasteiger charge is -2.30. The number of alkyl halides is 3. The lowest BCUT2D eigenvalue weighted by Crippen LogP contribution is -2.40. The molecule has 1 aliphatic heterocycles. The molecule has 0 aliphatic carbocycles. The molecule has 29 heavy (non-hydrogen) atoms. The summed E-state index contributed by atoms with van der Waals surface area (Å²) < 4.78 is -1.82. The van der Waals surface area contributed by atoms with E-state index in [1.807, 2.05) is 35.2 Å². The molecule has 4 rings (SSSR count). The third-order valence-corrected chi connectivity index (χ3v) is 5.54. The van der Waals surface area contributed by atoms with E-state index in [4.69, 9.17) is 40.5 Å². The predicted molar refractivity (Wildman–Crippen MR) is 117 cm³/mol. The van der Waals surface area contributed by atoms with Gasteiger partial charge in [0.15, 0.2) is 17.9 Å². The minimum Gasteiger partial charge on any atom is -0.341 e. The number of piperidine rings is 1. The van der Waals surface area contributed by atoms with Crippen LogP contribution in [-0.4, -0.2) is 40.4 Å². The Bertz CT molecular complexity index is 1060. The molecule has 2 N–H and O–H groups in total. The summed E-state index contributed by atoms with van der Waals surface area (Å²) in [6, 6.07) is 11.5. The molecule has 0 bridgehead atoms. The number of aromatic nitrogens is 3. The molecule has 0 radical (unpaired) electrons. The fraction of sp³-hybridized carbons (Fsp3) is 0.300. The molecule has 0 atom stereocenters. The molecular weight excluding hydrogens is 433 g/mol. The maximum atomic E-state index is 11.9. The van der Waals surface area contributed by atoms with E-state index >= 15 is 0 Å². The van der Waals surface area contributed by atoms with Crippen LogP contribution in [0.2, 0.25) is 0 Å². The number of benzene rings is 2. The van der Waals surface area contributed by atoms with Gasteiger partial charge < -0.3 is 10.6 Å². The summed E-state index contributed by atoms with van der Waals surface area (Å²) in [5, 5.41) is 1.75. The maximum Gasteiger partial charge on any atom is 0.250 e. The van der Waals surface area contributed by atoms with Crippen LogP contribution in [0.1, 0.15) is 29.0 Å². The maximum absolute atomic E-state index is 11.9. The van der Waals surface area contributed by atoms with Gasteiger partial charge in [-0.1, -0.05) is 65.1 Å². The van der Waals surface area contributed by atoms with Crippen LogP contribution in [0.5, 0.6) is 0 Å². The van der Waals surface area contributed by atoms with Gasteiger partial charge in [-0.25, -0.2) is 4.98 Å². The van der Waals surface area contributed by atoms with Crippen LogP contribution < -0.4 is 10.6 Å². The Kier molecular flexibility index (Phi) is 5.62. The Morgan fingerprint density at radius 3 is 2.45 bits per heavy atom. The highest BCUT2D eigenvalue weighted by molar-refractivity contribution is 6.66. The molecule has 1 aromatic heterocycles. The van der Waals surface area contributed by atoms with Gasteiger partial charge in [-0.05, 0) is 29.7 Å². The summed E-state index contributed by atoms with van der Waals surface area (Å²) in [4.78, 5) is 27.3. The average molecular weight is 451 g/mol. The Balaban J connectivity index is 1.88. The number of carbonyl (C=O) groups is 1. The van der Waals surface area contributed by atoms with Gasteiger partial charge in [0.25, 0.3) is 0 Å². The van der Waals surface area contributed by atoms with Crippen LogP contribution in [0.4, 0.5) is 5.95 Å². The molecule has 9 heteroatoms. The Hall–Kier alpha value is -1.99. The second-order valence-corrected chi connectivity index (χ2v) is 9.25. The number of hydrogen-bond acceptors (Lipinski definition) is 6. The van der Waals surface area contributed by atoms with Crippen LogP contribution in [0, 0.1) is 0 Å². The predicted octanol–water partition coefficient (Wildman–Crippen LogP) is 4.26. The number of fused-ring (bicyclic) bond motifs is 1. The molecule has 150 valence electrons. The zero-order valence-corrected chi connectivity index (χ0v) is 17.6. The molecule has 6 nitrogen and oxygen atoms in total. The van der Waals surface area contributed by atoms with Crippen LogP contribution in [0.25, 0.3) is 22.2 Å². The first-order chi connectivity index (χ1) is 13.9. The summed E-state index contributed by atoms with van der Waals surface area (Å²) in [6.07, 6.45) is 2.44. The highest BCUT2D eigenvalue weighted by Gasteiger charge is 2.30. The van der Waals surface area contributed by atoms with Crippen LogP contribution in [0.15, 0.2) is 36.4 Å². The first kappa shape index (κ1) is 20.3. The number of nitrogens with two attached hydrogens (primary N) is 1. The van der Waals surface area contributed by atoms with E-state index in [1.165, 1.54) is 0 Å². The number of nitrogens with zero attached hydrogens (tertiary/aromatic N) is 4. The van der Waals surface area contributed by atoms with Crippen molar-refractivity contribution in [3.63, 3.8) is 0 Å². The number of carbonyl (C=O) groups excluding carboxylic acids is 1. The second-order valence-electron chi connectivity index (χ2n) is 6.97. The summed E-state index contributed by atoms with van der Waals surface area (Å²) >= 11 is 18.3. The summed E-state index contributed by atoms with van der Waals surface area (Å²) in [7, 11) is 0. The standard InChI is InChI=1S/C20H18Cl3N5O/c21-20(22,23)18-25-17(26-19(27-18)28-9-7-13(24)8-10-28)15-6-5-12-3-1-2-4-14(12)16(15)11-29/h1-6,11,13H,7-10,24H2. The molecule has 2 aromatic carbocycles. The Morgan fingerprint density at radius 2 is 1.76 bits per heavy atom. The van der Waals surface area contributed by atoms with Crippen LogP contribution in [-0.2, 0) is 3.79 Å². The highest BCUT2D eigenvalue weighted by atomic mass is 35.6. The third kappa shape index (κ3) is 4.16. The molecule has 0 saturated carbocycles. The molecular formula is C20H18Cl3N5O. The smallest absolute Gasteiger partial charge is 0.250 e. The molecule has 3 aromatic rings. The van der Waals surface area contributed by atoms with Gasteiger partial charge in [-0.2, -0.15) is 9.97 Å². The summed E-state index contributed by atoms with van der Waals surface area (Å²) in [5.74, 6) is 0.717. The van der Waals surface area contributed by atoms with Crippen LogP contribution >= 0.6 is 34.8 Å². The Morgan fingerprint density at radius 1 is 1.03 bits per heavy atom. The van der Waals surface area contributed by atoms with Gasteiger partial charge in [0.2, 0.25) is 9.74 Å². The van der Waals surface area contributed by atoms with Gasteiger partial charge >= 0.3 is 0 Å². The lowest BCUT2D eigenvalue weighted by atomic mass is 9.99. The first-order valence-electron chi connectivity index (χ1n) is 9.18. The van der Waals surface area contributed by atoms with Crippen molar-refractivity contribution in [1.29, 1.82) is 0 Å². The van der Waals surface area contributed by atoms with Crippen molar-refractivity contribution < 1.29 is 4.79 Å². The number of hydrogen-bond donors (Lipinski definition) is 1. The molecule has 1 fully saturated rings. The molecule has 0 spiro atoms. The van der Waals surface area contributed by atoms with Crippen molar-refractivity contribution in [2.45, 2.75) is 22.7 Å². The fourth-order valence-corrected chi connectivity index (χ4v) is 3.72. The van der Waals surface area contributed by atoms with Crippen molar-refractivity contribution in [3.05, 3.63) is 47.8 Å². The van der Waals surface area contributed by atoms with Crippen LogP contribution in [0.3, 0.4) is 0 Å². The van der Waals surface area contributed by atoms with E-state index in [0.717, 1.165) is 29.9 Å². The quantitative estimate of drug-likeness (QED) is 0.474. The van der Waals surface area contributed by atoms with E-state index in [-0.39, 0.29) is 11.9 Å². The molecule has 2 heterocycles. The van der Waals surface area contributed by atoms with Crippen molar-refractivity contribution in [3.8, 4) is 11.4 Å². The normalized spacial score (nSPS) is 15.7. The van der Waals surface area contributed by atoms with Crippen molar-refractivity contribution in [2.75, 3.05) is 18.0 Å². The largest absolute Gasteiger partial charge is 0.341 e. The van der Waals surface area contributed by atoms with E-state index in [0.29, 0.717) is 36.0 Å². The minimum absolute atomic E-state index is 0.0161. The summed E-state index contributed by atoms with van der Waals surface area (Å²) in [5.41, 5.74) is 7.05. The number of rotatable bonds is 3. The molecule has 0 unspecified atom stereocenters. The highest BCUT2D eigenvalue weighted by Crippen LogP contribution is 2.38.